The Labute approximate surface area is 141 Å². The number of allylic oxidation sites excluding steroid dienone is 4. The lowest BCUT2D eigenvalue weighted by Gasteiger charge is -2.24. The topological polar surface area (TPSA) is 37.0 Å². The first kappa shape index (κ1) is 18.5. The molecule has 1 fully saturated rings. The predicted octanol–water partition coefficient (Wildman–Crippen LogP) is 4.50. The minimum Gasteiger partial charge on any atom is -0.388 e. The molecule has 0 atom stereocenters. The van der Waals surface area contributed by atoms with Crippen molar-refractivity contribution in [2.45, 2.75) is 38.8 Å². The summed E-state index contributed by atoms with van der Waals surface area (Å²) in [4.78, 5) is 4.58. The van der Waals surface area contributed by atoms with Crippen LogP contribution in [0.4, 0.5) is 18.9 Å². The highest BCUT2D eigenvalue weighted by molar-refractivity contribution is 5.79. The lowest BCUT2D eigenvalue weighted by Crippen LogP contribution is -2.27. The molecule has 1 aliphatic heterocycles. The van der Waals surface area contributed by atoms with Gasteiger partial charge >= 0.3 is 6.18 Å². The number of aromatic nitrogens is 1. The molecule has 0 amide bonds. The number of nitrogens with one attached hydrogen (secondary N) is 2. The molecule has 1 aliphatic rings. The molecule has 0 unspecified atom stereocenters. The van der Waals surface area contributed by atoms with E-state index in [2.05, 4.69) is 15.6 Å². The summed E-state index contributed by atoms with van der Waals surface area (Å²) in [6.45, 7) is 4.83. The Kier molecular flexibility index (Phi) is 6.04. The first-order valence-electron chi connectivity index (χ1n) is 8.21. The standard InChI is InChI=1S/C18H24F3N3/c1-4-14(15(5-2)18(19,20)21)17-11-13(22-3)10-16(24-17)12-6-8-23-9-7-12/h4-5,10-12,23H,6-9H2,1-3H3,(H,22,24)/b14-4+,15-5+. The van der Waals surface area contributed by atoms with Crippen LogP contribution in [-0.4, -0.2) is 31.3 Å². The number of nitrogens with zero attached hydrogens (tertiary/aromatic N) is 1. The monoisotopic (exact) mass is 339 g/mol. The number of halogens is 3. The summed E-state index contributed by atoms with van der Waals surface area (Å²) in [6.07, 6.45) is 0.0773. The lowest BCUT2D eigenvalue weighted by atomic mass is 9.92. The van der Waals surface area contributed by atoms with Gasteiger partial charge in [0.1, 0.15) is 0 Å². The first-order chi connectivity index (χ1) is 11.4. The summed E-state index contributed by atoms with van der Waals surface area (Å²) in [5, 5.41) is 6.33. The zero-order valence-corrected chi connectivity index (χ0v) is 14.3. The molecule has 1 aromatic rings. The Balaban J connectivity index is 2.48. The van der Waals surface area contributed by atoms with Gasteiger partial charge in [-0.1, -0.05) is 12.2 Å². The highest BCUT2D eigenvalue weighted by Crippen LogP contribution is 2.37. The fourth-order valence-electron chi connectivity index (χ4n) is 3.07. The smallest absolute Gasteiger partial charge is 0.388 e. The molecule has 1 aromatic heterocycles. The number of piperidine rings is 1. The van der Waals surface area contributed by atoms with Crippen molar-refractivity contribution in [1.82, 2.24) is 10.3 Å². The number of pyridine rings is 1. The van der Waals surface area contributed by atoms with E-state index in [1.807, 2.05) is 6.07 Å². The summed E-state index contributed by atoms with van der Waals surface area (Å²) < 4.78 is 40.0. The third-order valence-electron chi connectivity index (χ3n) is 4.34. The number of hydrogen-bond donors (Lipinski definition) is 2. The molecule has 2 rings (SSSR count). The number of alkyl halides is 3. The van der Waals surface area contributed by atoms with E-state index in [0.29, 0.717) is 5.69 Å². The van der Waals surface area contributed by atoms with Gasteiger partial charge in [-0.25, -0.2) is 0 Å². The molecule has 0 radical (unpaired) electrons. The van der Waals surface area contributed by atoms with Gasteiger partial charge in [-0.2, -0.15) is 13.2 Å². The molecule has 2 heterocycles. The van der Waals surface area contributed by atoms with Crippen LogP contribution in [0.25, 0.3) is 5.57 Å². The van der Waals surface area contributed by atoms with Gasteiger partial charge < -0.3 is 10.6 Å². The maximum Gasteiger partial charge on any atom is 0.416 e. The van der Waals surface area contributed by atoms with E-state index in [1.165, 1.54) is 13.0 Å². The molecule has 24 heavy (non-hydrogen) atoms. The van der Waals surface area contributed by atoms with Crippen LogP contribution in [0.1, 0.15) is 44.0 Å². The second kappa shape index (κ2) is 7.83. The van der Waals surface area contributed by atoms with Gasteiger partial charge in [-0.05, 0) is 51.9 Å². The van der Waals surface area contributed by atoms with Crippen molar-refractivity contribution in [1.29, 1.82) is 0 Å². The van der Waals surface area contributed by atoms with Crippen LogP contribution in [0.2, 0.25) is 0 Å². The van der Waals surface area contributed by atoms with Crippen LogP contribution in [0.3, 0.4) is 0 Å². The van der Waals surface area contributed by atoms with E-state index < -0.39 is 11.7 Å². The van der Waals surface area contributed by atoms with E-state index in [0.717, 1.165) is 43.4 Å². The second-order valence-electron chi connectivity index (χ2n) is 5.84. The van der Waals surface area contributed by atoms with Gasteiger partial charge in [0.25, 0.3) is 0 Å². The van der Waals surface area contributed by atoms with Gasteiger partial charge in [0.05, 0.1) is 11.3 Å². The highest BCUT2D eigenvalue weighted by atomic mass is 19.4. The fourth-order valence-corrected chi connectivity index (χ4v) is 3.07. The second-order valence-corrected chi connectivity index (χ2v) is 5.84. The SMILES string of the molecule is C/C=C(\C(=C/C)C(F)(F)F)c1cc(NC)cc(C2CCNCC2)n1. The van der Waals surface area contributed by atoms with E-state index in [-0.39, 0.29) is 11.5 Å². The van der Waals surface area contributed by atoms with Crippen molar-refractivity contribution >= 4 is 11.3 Å². The maximum absolute atomic E-state index is 13.3. The molecule has 0 bridgehead atoms. The Morgan fingerprint density at radius 2 is 1.88 bits per heavy atom. The van der Waals surface area contributed by atoms with Gasteiger partial charge in [0.15, 0.2) is 0 Å². The summed E-state index contributed by atoms with van der Waals surface area (Å²) >= 11 is 0. The number of anilines is 1. The lowest BCUT2D eigenvalue weighted by molar-refractivity contribution is -0.0872. The van der Waals surface area contributed by atoms with Crippen molar-refractivity contribution in [3.63, 3.8) is 0 Å². The molecular formula is C18H24F3N3. The molecule has 0 aromatic carbocycles. The quantitative estimate of drug-likeness (QED) is 0.793. The third-order valence-corrected chi connectivity index (χ3v) is 4.34. The minimum absolute atomic E-state index is 0.122. The molecule has 0 saturated carbocycles. The van der Waals surface area contributed by atoms with Crippen LogP contribution in [-0.2, 0) is 0 Å². The number of rotatable bonds is 4. The highest BCUT2D eigenvalue weighted by Gasteiger charge is 2.36. The Hall–Kier alpha value is -1.82. The molecular weight excluding hydrogens is 315 g/mol. The average molecular weight is 339 g/mol. The molecule has 132 valence electrons. The van der Waals surface area contributed by atoms with Crippen LogP contribution in [0, 0.1) is 0 Å². The average Bonchev–Trinajstić information content (AvgIpc) is 2.58. The largest absolute Gasteiger partial charge is 0.416 e. The molecule has 0 aliphatic carbocycles. The van der Waals surface area contributed by atoms with Crippen molar-refractivity contribution < 1.29 is 13.2 Å². The Morgan fingerprint density at radius 3 is 2.38 bits per heavy atom. The van der Waals surface area contributed by atoms with E-state index in [1.54, 1.807) is 20.0 Å². The zero-order valence-electron chi connectivity index (χ0n) is 14.3. The van der Waals surface area contributed by atoms with Crippen LogP contribution >= 0.6 is 0 Å². The van der Waals surface area contributed by atoms with E-state index >= 15 is 0 Å². The van der Waals surface area contributed by atoms with Gasteiger partial charge in [-0.3, -0.25) is 4.98 Å². The summed E-state index contributed by atoms with van der Waals surface area (Å²) in [6, 6.07) is 3.62. The van der Waals surface area contributed by atoms with Gasteiger partial charge in [0.2, 0.25) is 0 Å². The van der Waals surface area contributed by atoms with Crippen LogP contribution in [0.5, 0.6) is 0 Å². The van der Waals surface area contributed by atoms with Gasteiger partial charge in [-0.15, -0.1) is 0 Å². The molecule has 6 heteroatoms. The molecule has 3 nitrogen and oxygen atoms in total. The molecule has 2 N–H and O–H groups in total. The fraction of sp³-hybridized carbons (Fsp3) is 0.500. The van der Waals surface area contributed by atoms with Crippen molar-refractivity contribution in [3.8, 4) is 0 Å². The number of hydrogen-bond acceptors (Lipinski definition) is 3. The van der Waals surface area contributed by atoms with E-state index in [4.69, 9.17) is 0 Å². The van der Waals surface area contributed by atoms with Crippen LogP contribution < -0.4 is 10.6 Å². The summed E-state index contributed by atoms with van der Waals surface area (Å²) in [5.74, 6) is 0.274. The summed E-state index contributed by atoms with van der Waals surface area (Å²) in [7, 11) is 1.76. The summed E-state index contributed by atoms with van der Waals surface area (Å²) in [5.41, 5.74) is 1.48. The van der Waals surface area contributed by atoms with E-state index in [9.17, 15) is 13.2 Å². The molecule has 0 spiro atoms. The third kappa shape index (κ3) is 4.17. The van der Waals surface area contributed by atoms with Crippen molar-refractivity contribution in [2.24, 2.45) is 0 Å². The minimum atomic E-state index is -4.40. The predicted molar refractivity (Wildman–Crippen MR) is 92.1 cm³/mol. The first-order valence-corrected chi connectivity index (χ1v) is 8.21. The van der Waals surface area contributed by atoms with Crippen molar-refractivity contribution in [2.75, 3.05) is 25.5 Å². The van der Waals surface area contributed by atoms with Crippen molar-refractivity contribution in [3.05, 3.63) is 41.2 Å². The zero-order chi connectivity index (χ0) is 17.7. The van der Waals surface area contributed by atoms with Crippen LogP contribution in [0.15, 0.2) is 29.9 Å². The van der Waals surface area contributed by atoms with Gasteiger partial charge in [0, 0.05) is 29.9 Å². The normalized spacial score (nSPS) is 17.9. The maximum atomic E-state index is 13.3. The Bertz CT molecular complexity index is 627. The molecule has 1 saturated heterocycles. The Morgan fingerprint density at radius 1 is 1.21 bits per heavy atom.